The predicted octanol–water partition coefficient (Wildman–Crippen LogP) is 0.849. The van der Waals surface area contributed by atoms with Crippen molar-refractivity contribution >= 4 is 0 Å². The quantitative estimate of drug-likeness (QED) is 0.711. The van der Waals surface area contributed by atoms with Gasteiger partial charge in [0.25, 0.3) is 0 Å². The van der Waals surface area contributed by atoms with Crippen LogP contribution in [-0.4, -0.2) is 29.2 Å². The van der Waals surface area contributed by atoms with Crippen molar-refractivity contribution in [3.8, 4) is 5.88 Å². The number of imidazole rings is 1. The zero-order valence-corrected chi connectivity index (χ0v) is 7.84. The Hall–Kier alpha value is -1.03. The van der Waals surface area contributed by atoms with Gasteiger partial charge in [-0.1, -0.05) is 0 Å². The van der Waals surface area contributed by atoms with Crippen LogP contribution in [0.1, 0.15) is 18.5 Å². The number of aromatic amines is 1. The molecule has 0 spiro atoms. The lowest BCUT2D eigenvalue weighted by atomic mass is 10.1. The molecule has 1 aliphatic rings. The standard InChI is InChI=1S/C9H15N3O/c1-7-9(12-6-11-7)13-8-3-2-4-10-5-8/h6,8,10H,2-5H2,1H3,(H,11,12). The molecule has 1 atom stereocenters. The molecule has 1 aromatic heterocycles. The Bertz CT molecular complexity index is 266. The molecule has 2 N–H and O–H groups in total. The first-order valence-corrected chi connectivity index (χ1v) is 4.73. The summed E-state index contributed by atoms with van der Waals surface area (Å²) in [5, 5.41) is 3.30. The Morgan fingerprint density at radius 3 is 3.15 bits per heavy atom. The summed E-state index contributed by atoms with van der Waals surface area (Å²) >= 11 is 0. The molecular formula is C9H15N3O. The fourth-order valence-electron chi connectivity index (χ4n) is 1.54. The van der Waals surface area contributed by atoms with Crippen LogP contribution in [0.3, 0.4) is 0 Å². The first-order valence-electron chi connectivity index (χ1n) is 4.73. The monoisotopic (exact) mass is 181 g/mol. The van der Waals surface area contributed by atoms with Crippen LogP contribution in [0.15, 0.2) is 6.33 Å². The molecule has 13 heavy (non-hydrogen) atoms. The van der Waals surface area contributed by atoms with Crippen molar-refractivity contribution in [2.75, 3.05) is 13.1 Å². The average molecular weight is 181 g/mol. The van der Waals surface area contributed by atoms with Gasteiger partial charge in [0.1, 0.15) is 6.10 Å². The topological polar surface area (TPSA) is 49.9 Å². The minimum absolute atomic E-state index is 0.288. The van der Waals surface area contributed by atoms with Crippen molar-refractivity contribution in [3.05, 3.63) is 12.0 Å². The summed E-state index contributed by atoms with van der Waals surface area (Å²) in [4.78, 5) is 7.11. The van der Waals surface area contributed by atoms with Crippen LogP contribution in [-0.2, 0) is 0 Å². The number of ether oxygens (including phenoxy) is 1. The molecule has 1 aliphatic heterocycles. The fraction of sp³-hybridized carbons (Fsp3) is 0.667. The lowest BCUT2D eigenvalue weighted by Crippen LogP contribution is -2.37. The molecule has 0 bridgehead atoms. The molecule has 72 valence electrons. The normalized spacial score (nSPS) is 23.0. The maximum atomic E-state index is 5.72. The molecule has 0 saturated carbocycles. The number of aromatic nitrogens is 2. The number of nitrogens with zero attached hydrogens (tertiary/aromatic N) is 1. The predicted molar refractivity (Wildman–Crippen MR) is 49.8 cm³/mol. The van der Waals surface area contributed by atoms with E-state index in [9.17, 15) is 0 Å². The number of H-pyrrole nitrogens is 1. The van der Waals surface area contributed by atoms with E-state index in [2.05, 4.69) is 15.3 Å². The van der Waals surface area contributed by atoms with Crippen molar-refractivity contribution in [1.29, 1.82) is 0 Å². The van der Waals surface area contributed by atoms with E-state index >= 15 is 0 Å². The van der Waals surface area contributed by atoms with Crippen LogP contribution in [0.4, 0.5) is 0 Å². The minimum Gasteiger partial charge on any atom is -0.472 e. The highest BCUT2D eigenvalue weighted by Crippen LogP contribution is 2.15. The van der Waals surface area contributed by atoms with Crippen LogP contribution in [0.5, 0.6) is 5.88 Å². The summed E-state index contributed by atoms with van der Waals surface area (Å²) in [5.41, 5.74) is 1.01. The van der Waals surface area contributed by atoms with Crippen molar-refractivity contribution in [3.63, 3.8) is 0 Å². The van der Waals surface area contributed by atoms with Crippen LogP contribution >= 0.6 is 0 Å². The molecule has 0 amide bonds. The van der Waals surface area contributed by atoms with Gasteiger partial charge < -0.3 is 15.0 Å². The molecule has 1 fully saturated rings. The van der Waals surface area contributed by atoms with Gasteiger partial charge >= 0.3 is 0 Å². The van der Waals surface area contributed by atoms with Gasteiger partial charge in [-0.25, -0.2) is 4.98 Å². The van der Waals surface area contributed by atoms with Gasteiger partial charge in [0.15, 0.2) is 0 Å². The summed E-state index contributed by atoms with van der Waals surface area (Å²) in [6, 6.07) is 0. The summed E-state index contributed by atoms with van der Waals surface area (Å²) in [7, 11) is 0. The fourth-order valence-corrected chi connectivity index (χ4v) is 1.54. The minimum atomic E-state index is 0.288. The van der Waals surface area contributed by atoms with E-state index in [0.29, 0.717) is 0 Å². The highest BCUT2D eigenvalue weighted by Gasteiger charge is 2.15. The highest BCUT2D eigenvalue weighted by molar-refractivity contribution is 5.15. The first kappa shape index (κ1) is 8.56. The Balaban J connectivity index is 1.93. The Kier molecular flexibility index (Phi) is 2.49. The molecule has 0 aromatic carbocycles. The largest absolute Gasteiger partial charge is 0.472 e. The Labute approximate surface area is 77.7 Å². The molecule has 2 rings (SSSR count). The van der Waals surface area contributed by atoms with Gasteiger partial charge in [0.05, 0.1) is 12.0 Å². The average Bonchev–Trinajstić information content (AvgIpc) is 2.54. The van der Waals surface area contributed by atoms with Crippen LogP contribution in [0.2, 0.25) is 0 Å². The molecule has 0 radical (unpaired) electrons. The molecule has 0 aliphatic carbocycles. The number of nitrogens with one attached hydrogen (secondary N) is 2. The summed E-state index contributed by atoms with van der Waals surface area (Å²) in [5.74, 6) is 0.744. The van der Waals surface area contributed by atoms with Gasteiger partial charge in [-0.05, 0) is 26.3 Å². The lowest BCUT2D eigenvalue weighted by Gasteiger charge is -2.22. The van der Waals surface area contributed by atoms with Crippen molar-refractivity contribution in [2.45, 2.75) is 25.9 Å². The molecule has 4 nitrogen and oxygen atoms in total. The van der Waals surface area contributed by atoms with Crippen molar-refractivity contribution in [1.82, 2.24) is 15.3 Å². The number of rotatable bonds is 2. The SMILES string of the molecule is Cc1[nH]cnc1OC1CCCNC1. The number of hydrogen-bond donors (Lipinski definition) is 2. The van der Waals surface area contributed by atoms with Crippen molar-refractivity contribution < 1.29 is 4.74 Å². The number of hydrogen-bond acceptors (Lipinski definition) is 3. The third kappa shape index (κ3) is 2.01. The van der Waals surface area contributed by atoms with Gasteiger partial charge in [-0.2, -0.15) is 0 Å². The van der Waals surface area contributed by atoms with Gasteiger partial charge in [0, 0.05) is 6.54 Å². The number of piperidine rings is 1. The van der Waals surface area contributed by atoms with E-state index in [4.69, 9.17) is 4.74 Å². The molecule has 1 unspecified atom stereocenters. The van der Waals surface area contributed by atoms with Gasteiger partial charge in [-0.15, -0.1) is 0 Å². The lowest BCUT2D eigenvalue weighted by molar-refractivity contribution is 0.160. The van der Waals surface area contributed by atoms with Gasteiger partial charge in [-0.3, -0.25) is 0 Å². The van der Waals surface area contributed by atoms with Gasteiger partial charge in [0.2, 0.25) is 5.88 Å². The first-order chi connectivity index (χ1) is 6.36. The smallest absolute Gasteiger partial charge is 0.234 e. The zero-order valence-electron chi connectivity index (χ0n) is 7.84. The van der Waals surface area contributed by atoms with Crippen LogP contribution < -0.4 is 10.1 Å². The zero-order chi connectivity index (χ0) is 9.10. The third-order valence-corrected chi connectivity index (χ3v) is 2.31. The van der Waals surface area contributed by atoms with E-state index in [1.165, 1.54) is 6.42 Å². The van der Waals surface area contributed by atoms with E-state index in [1.807, 2.05) is 6.92 Å². The van der Waals surface area contributed by atoms with Crippen LogP contribution in [0.25, 0.3) is 0 Å². The second kappa shape index (κ2) is 3.79. The molecule has 1 aromatic rings. The highest BCUT2D eigenvalue weighted by atomic mass is 16.5. The summed E-state index contributed by atoms with van der Waals surface area (Å²) < 4.78 is 5.72. The number of aryl methyl sites for hydroxylation is 1. The second-order valence-electron chi connectivity index (χ2n) is 3.42. The van der Waals surface area contributed by atoms with E-state index in [0.717, 1.165) is 31.1 Å². The summed E-state index contributed by atoms with van der Waals surface area (Å²) in [6.07, 6.45) is 4.27. The van der Waals surface area contributed by atoms with Crippen molar-refractivity contribution in [2.24, 2.45) is 0 Å². The Morgan fingerprint density at radius 2 is 2.54 bits per heavy atom. The molecule has 2 heterocycles. The maximum absolute atomic E-state index is 5.72. The molecule has 1 saturated heterocycles. The molecular weight excluding hydrogens is 166 g/mol. The van der Waals surface area contributed by atoms with E-state index in [1.54, 1.807) is 6.33 Å². The molecule has 4 heteroatoms. The van der Waals surface area contributed by atoms with E-state index in [-0.39, 0.29) is 6.10 Å². The second-order valence-corrected chi connectivity index (χ2v) is 3.42. The third-order valence-electron chi connectivity index (χ3n) is 2.31. The summed E-state index contributed by atoms with van der Waals surface area (Å²) in [6.45, 7) is 4.02. The maximum Gasteiger partial charge on any atom is 0.234 e. The van der Waals surface area contributed by atoms with E-state index < -0.39 is 0 Å². The Morgan fingerprint density at radius 1 is 1.62 bits per heavy atom. The van der Waals surface area contributed by atoms with Crippen LogP contribution in [0, 0.1) is 6.92 Å².